The molecule has 6 nitrogen and oxygen atoms in total. The summed E-state index contributed by atoms with van der Waals surface area (Å²) in [6.45, 7) is 0.170. The number of aliphatic hydroxyl groups excluding tert-OH is 1. The third kappa shape index (κ3) is 4.71. The van der Waals surface area contributed by atoms with Crippen LogP contribution in [-0.2, 0) is 21.6 Å². The van der Waals surface area contributed by atoms with Crippen LogP contribution in [0.5, 0.6) is 11.5 Å². The van der Waals surface area contributed by atoms with E-state index in [1.54, 1.807) is 62.8 Å². The minimum atomic E-state index is -1.80. The average molecular weight is 422 g/mol. The Bertz CT molecular complexity index is 948. The van der Waals surface area contributed by atoms with E-state index in [0.29, 0.717) is 29.0 Å². The molecule has 0 heterocycles. The van der Waals surface area contributed by atoms with E-state index in [1.807, 2.05) is 30.3 Å². The van der Waals surface area contributed by atoms with Crippen LogP contribution < -0.4 is 9.47 Å². The molecule has 6 heteroatoms. The summed E-state index contributed by atoms with van der Waals surface area (Å²) in [5.74, 6) is -0.141. The van der Waals surface area contributed by atoms with Crippen molar-refractivity contribution in [3.63, 3.8) is 0 Å². The van der Waals surface area contributed by atoms with Crippen LogP contribution in [0.15, 0.2) is 78.9 Å². The van der Waals surface area contributed by atoms with Crippen molar-refractivity contribution in [1.29, 1.82) is 0 Å². The number of hydrogen-bond donors (Lipinski definition) is 2. The second-order valence-corrected chi connectivity index (χ2v) is 7.00. The second kappa shape index (κ2) is 10.1. The van der Waals surface area contributed by atoms with Gasteiger partial charge in [-0.2, -0.15) is 0 Å². The van der Waals surface area contributed by atoms with Crippen LogP contribution in [0.3, 0.4) is 0 Å². The molecule has 1 unspecified atom stereocenters. The summed E-state index contributed by atoms with van der Waals surface area (Å²) in [4.78, 5) is 11.9. The van der Waals surface area contributed by atoms with E-state index in [0.717, 1.165) is 5.56 Å². The normalized spacial score (nSPS) is 12.2. The van der Waals surface area contributed by atoms with Crippen molar-refractivity contribution in [3.8, 4) is 11.5 Å². The highest BCUT2D eigenvalue weighted by Crippen LogP contribution is 2.38. The Balaban J connectivity index is 1.96. The van der Waals surface area contributed by atoms with Crippen LogP contribution in [0.2, 0.25) is 0 Å². The summed E-state index contributed by atoms with van der Waals surface area (Å²) in [7, 11) is 3.14. The topological polar surface area (TPSA) is 85.2 Å². The Morgan fingerprint density at radius 2 is 1.42 bits per heavy atom. The molecule has 0 saturated carbocycles. The molecule has 0 saturated heterocycles. The molecule has 0 spiro atoms. The number of rotatable bonds is 10. The molecule has 3 aromatic rings. The fraction of sp³-hybridized carbons (Fsp3) is 0.240. The van der Waals surface area contributed by atoms with Gasteiger partial charge in [0.1, 0.15) is 0 Å². The van der Waals surface area contributed by atoms with E-state index in [9.17, 15) is 15.0 Å². The first kappa shape index (κ1) is 22.3. The standard InChI is InChI=1S/C25H26O6/c1-29-21-14-13-18(17-22(21)30-2)15-16-31-25(23(26)24(27)28,19-9-5-3-6-10-19)20-11-7-4-8-12-20/h3-14,17,23,26H,15-16H2,1-2H3,(H,27,28). The number of carboxylic acids is 1. The number of hydrogen-bond acceptors (Lipinski definition) is 5. The number of carbonyl (C=O) groups is 1. The first-order chi connectivity index (χ1) is 15.0. The molecule has 1 atom stereocenters. The molecule has 0 aromatic heterocycles. The van der Waals surface area contributed by atoms with Gasteiger partial charge in [-0.25, -0.2) is 4.79 Å². The molecule has 162 valence electrons. The molecule has 2 N–H and O–H groups in total. The molecular weight excluding hydrogens is 396 g/mol. The maximum atomic E-state index is 11.9. The van der Waals surface area contributed by atoms with Crippen molar-refractivity contribution >= 4 is 5.97 Å². The van der Waals surface area contributed by atoms with Crippen LogP contribution in [0.25, 0.3) is 0 Å². The molecular formula is C25H26O6. The SMILES string of the molecule is COc1ccc(CCOC(c2ccccc2)(c2ccccc2)C(O)C(=O)O)cc1OC. The predicted octanol–water partition coefficient (Wildman–Crippen LogP) is 3.65. The Labute approximate surface area is 181 Å². The highest BCUT2D eigenvalue weighted by molar-refractivity contribution is 5.75. The third-order valence-corrected chi connectivity index (χ3v) is 5.19. The van der Waals surface area contributed by atoms with Crippen molar-refractivity contribution in [1.82, 2.24) is 0 Å². The second-order valence-electron chi connectivity index (χ2n) is 7.00. The van der Waals surface area contributed by atoms with Crippen molar-refractivity contribution < 1.29 is 29.2 Å². The van der Waals surface area contributed by atoms with Crippen LogP contribution in [0.1, 0.15) is 16.7 Å². The van der Waals surface area contributed by atoms with Gasteiger partial charge in [-0.15, -0.1) is 0 Å². The Hall–Kier alpha value is -3.35. The lowest BCUT2D eigenvalue weighted by atomic mass is 9.81. The maximum Gasteiger partial charge on any atom is 0.336 e. The van der Waals surface area contributed by atoms with E-state index >= 15 is 0 Å². The first-order valence-electron chi connectivity index (χ1n) is 9.89. The summed E-state index contributed by atoms with van der Waals surface area (Å²) >= 11 is 0. The van der Waals surface area contributed by atoms with Crippen molar-refractivity contribution in [3.05, 3.63) is 95.6 Å². The number of aliphatic hydroxyl groups is 1. The minimum absolute atomic E-state index is 0.170. The van der Waals surface area contributed by atoms with E-state index in [4.69, 9.17) is 14.2 Å². The van der Waals surface area contributed by atoms with Gasteiger partial charge in [-0.05, 0) is 35.2 Å². The van der Waals surface area contributed by atoms with Gasteiger partial charge in [0.25, 0.3) is 0 Å². The van der Waals surface area contributed by atoms with Crippen LogP contribution in [0, 0.1) is 0 Å². The molecule has 0 aliphatic rings. The molecule has 31 heavy (non-hydrogen) atoms. The van der Waals surface area contributed by atoms with Crippen LogP contribution >= 0.6 is 0 Å². The highest BCUT2D eigenvalue weighted by Gasteiger charge is 2.46. The Morgan fingerprint density at radius 3 is 1.90 bits per heavy atom. The van der Waals surface area contributed by atoms with Gasteiger partial charge >= 0.3 is 5.97 Å². The third-order valence-electron chi connectivity index (χ3n) is 5.19. The quantitative estimate of drug-likeness (QED) is 0.519. The van der Waals surface area contributed by atoms with Gasteiger partial charge in [0.2, 0.25) is 0 Å². The fourth-order valence-corrected chi connectivity index (χ4v) is 3.64. The predicted molar refractivity (Wildman–Crippen MR) is 117 cm³/mol. The molecule has 0 bridgehead atoms. The molecule has 3 rings (SSSR count). The zero-order chi connectivity index (χ0) is 22.3. The first-order valence-corrected chi connectivity index (χ1v) is 9.89. The largest absolute Gasteiger partial charge is 0.493 e. The van der Waals surface area contributed by atoms with Crippen molar-refractivity contribution in [2.45, 2.75) is 18.1 Å². The van der Waals surface area contributed by atoms with Crippen molar-refractivity contribution in [2.75, 3.05) is 20.8 Å². The molecule has 0 fully saturated rings. The van der Waals surface area contributed by atoms with Crippen molar-refractivity contribution in [2.24, 2.45) is 0 Å². The number of benzene rings is 3. The minimum Gasteiger partial charge on any atom is -0.493 e. The zero-order valence-electron chi connectivity index (χ0n) is 17.5. The van der Waals surface area contributed by atoms with Gasteiger partial charge in [-0.3, -0.25) is 0 Å². The smallest absolute Gasteiger partial charge is 0.336 e. The monoisotopic (exact) mass is 422 g/mol. The van der Waals surface area contributed by atoms with E-state index in [1.165, 1.54) is 0 Å². The zero-order valence-corrected chi connectivity index (χ0v) is 17.5. The molecule has 0 aliphatic heterocycles. The Kier molecular flexibility index (Phi) is 7.28. The molecule has 0 aliphatic carbocycles. The van der Waals surface area contributed by atoms with Gasteiger partial charge in [-0.1, -0.05) is 66.7 Å². The number of ether oxygens (including phenoxy) is 3. The van der Waals surface area contributed by atoms with E-state index < -0.39 is 17.7 Å². The van der Waals surface area contributed by atoms with Crippen LogP contribution in [0.4, 0.5) is 0 Å². The highest BCUT2D eigenvalue weighted by atomic mass is 16.5. The summed E-state index contributed by atoms with van der Waals surface area (Å²) in [5.41, 5.74) is 0.481. The average Bonchev–Trinajstić information content (AvgIpc) is 2.82. The van der Waals surface area contributed by atoms with E-state index in [-0.39, 0.29) is 6.61 Å². The van der Waals surface area contributed by atoms with Crippen LogP contribution in [-0.4, -0.2) is 43.1 Å². The number of carboxylic acid groups (broad SMARTS) is 1. The van der Waals surface area contributed by atoms with Gasteiger partial charge in [0, 0.05) is 0 Å². The molecule has 3 aromatic carbocycles. The number of aliphatic carboxylic acids is 1. The summed E-state index contributed by atoms with van der Waals surface area (Å²) in [5, 5.41) is 20.6. The van der Waals surface area contributed by atoms with E-state index in [2.05, 4.69) is 0 Å². The summed E-state index contributed by atoms with van der Waals surface area (Å²) in [6.07, 6.45) is -1.32. The summed E-state index contributed by atoms with van der Waals surface area (Å²) < 4.78 is 16.9. The molecule has 0 amide bonds. The fourth-order valence-electron chi connectivity index (χ4n) is 3.64. The lowest BCUT2D eigenvalue weighted by Gasteiger charge is -2.37. The number of methoxy groups -OCH3 is 2. The summed E-state index contributed by atoms with van der Waals surface area (Å²) in [6, 6.07) is 23.4. The molecule has 0 radical (unpaired) electrons. The lowest BCUT2D eigenvalue weighted by molar-refractivity contribution is -0.167. The lowest BCUT2D eigenvalue weighted by Crippen LogP contribution is -2.48. The van der Waals surface area contributed by atoms with Gasteiger partial charge in [0.05, 0.1) is 20.8 Å². The van der Waals surface area contributed by atoms with Gasteiger partial charge in [0.15, 0.2) is 23.2 Å². The Morgan fingerprint density at radius 1 is 0.871 bits per heavy atom. The van der Waals surface area contributed by atoms with Gasteiger partial charge < -0.3 is 24.4 Å². The maximum absolute atomic E-state index is 11.9.